The normalized spacial score (nSPS) is 25.2. The largest absolute Gasteiger partial charge is 0.440 e. The van der Waals surface area contributed by atoms with E-state index >= 15 is 0 Å². The minimum atomic E-state index is 0.286. The first kappa shape index (κ1) is 10.6. The molecule has 1 aromatic carbocycles. The highest BCUT2D eigenvalue weighted by Gasteiger charge is 2.24. The van der Waals surface area contributed by atoms with Crippen molar-refractivity contribution in [2.45, 2.75) is 37.6 Å². The van der Waals surface area contributed by atoms with E-state index in [1.807, 2.05) is 18.2 Å². The lowest BCUT2D eigenvalue weighted by Gasteiger charge is -2.23. The summed E-state index contributed by atoms with van der Waals surface area (Å²) in [5.74, 6) is 1.19. The van der Waals surface area contributed by atoms with E-state index in [0.717, 1.165) is 48.4 Å². The fraction of sp³-hybridized carbons (Fsp3) is 0.462. The first-order chi connectivity index (χ1) is 8.22. The van der Waals surface area contributed by atoms with Gasteiger partial charge in [0.1, 0.15) is 5.52 Å². The SMILES string of the molecule is Nc1ccc2oc(C3CCCC(N)C3)nc2c1. The Morgan fingerprint density at radius 3 is 3.00 bits per heavy atom. The molecular formula is C13H17N3O. The summed E-state index contributed by atoms with van der Waals surface area (Å²) in [6.45, 7) is 0. The van der Waals surface area contributed by atoms with E-state index < -0.39 is 0 Å². The second-order valence-electron chi connectivity index (χ2n) is 4.90. The highest BCUT2D eigenvalue weighted by molar-refractivity contribution is 5.76. The zero-order valence-corrected chi connectivity index (χ0v) is 9.73. The Morgan fingerprint density at radius 1 is 1.29 bits per heavy atom. The van der Waals surface area contributed by atoms with Crippen molar-refractivity contribution in [2.75, 3.05) is 5.73 Å². The molecule has 1 aliphatic rings. The van der Waals surface area contributed by atoms with Gasteiger partial charge < -0.3 is 15.9 Å². The van der Waals surface area contributed by atoms with Gasteiger partial charge in [-0.05, 0) is 37.5 Å². The third-order valence-electron chi connectivity index (χ3n) is 3.49. The van der Waals surface area contributed by atoms with Gasteiger partial charge in [-0.1, -0.05) is 6.42 Å². The van der Waals surface area contributed by atoms with Crippen LogP contribution in [-0.4, -0.2) is 11.0 Å². The molecule has 0 aliphatic heterocycles. The quantitative estimate of drug-likeness (QED) is 0.739. The number of nitrogens with two attached hydrogens (primary N) is 2. The minimum absolute atomic E-state index is 0.286. The molecule has 4 nitrogen and oxygen atoms in total. The maximum Gasteiger partial charge on any atom is 0.198 e. The van der Waals surface area contributed by atoms with Crippen LogP contribution in [0.2, 0.25) is 0 Å². The molecule has 90 valence electrons. The van der Waals surface area contributed by atoms with Gasteiger partial charge in [-0.15, -0.1) is 0 Å². The van der Waals surface area contributed by atoms with Gasteiger partial charge in [0.05, 0.1) is 0 Å². The molecule has 1 saturated carbocycles. The van der Waals surface area contributed by atoms with Crippen LogP contribution in [0, 0.1) is 0 Å². The molecule has 4 heteroatoms. The Bertz CT molecular complexity index is 534. The molecular weight excluding hydrogens is 214 g/mol. The third kappa shape index (κ3) is 2.00. The van der Waals surface area contributed by atoms with Crippen LogP contribution < -0.4 is 11.5 Å². The van der Waals surface area contributed by atoms with Crippen molar-refractivity contribution >= 4 is 16.8 Å². The van der Waals surface area contributed by atoms with Crippen molar-refractivity contribution in [1.29, 1.82) is 0 Å². The van der Waals surface area contributed by atoms with Gasteiger partial charge in [-0.25, -0.2) is 4.98 Å². The van der Waals surface area contributed by atoms with Crippen LogP contribution in [0.5, 0.6) is 0 Å². The van der Waals surface area contributed by atoms with Crippen LogP contribution in [0.25, 0.3) is 11.1 Å². The van der Waals surface area contributed by atoms with Crippen molar-refractivity contribution in [2.24, 2.45) is 5.73 Å². The highest BCUT2D eigenvalue weighted by Crippen LogP contribution is 2.33. The number of fused-ring (bicyclic) bond motifs is 1. The van der Waals surface area contributed by atoms with Crippen LogP contribution in [-0.2, 0) is 0 Å². The van der Waals surface area contributed by atoms with E-state index in [-0.39, 0.29) is 6.04 Å². The molecule has 17 heavy (non-hydrogen) atoms. The molecule has 1 fully saturated rings. The van der Waals surface area contributed by atoms with Gasteiger partial charge in [0.25, 0.3) is 0 Å². The predicted molar refractivity (Wildman–Crippen MR) is 67.6 cm³/mol. The van der Waals surface area contributed by atoms with E-state index in [1.54, 1.807) is 0 Å². The summed E-state index contributed by atoms with van der Waals surface area (Å²) in [4.78, 5) is 4.53. The second kappa shape index (κ2) is 4.04. The van der Waals surface area contributed by atoms with Crippen LogP contribution in [0.3, 0.4) is 0 Å². The lowest BCUT2D eigenvalue weighted by molar-refractivity contribution is 0.343. The average molecular weight is 231 g/mol. The van der Waals surface area contributed by atoms with Crippen molar-refractivity contribution in [3.8, 4) is 0 Å². The number of nitrogens with zero attached hydrogens (tertiary/aromatic N) is 1. The molecule has 2 unspecified atom stereocenters. The Morgan fingerprint density at radius 2 is 2.18 bits per heavy atom. The molecule has 0 amide bonds. The summed E-state index contributed by atoms with van der Waals surface area (Å²) in [6.07, 6.45) is 4.37. The summed E-state index contributed by atoms with van der Waals surface area (Å²) in [5, 5.41) is 0. The molecule has 0 spiro atoms. The van der Waals surface area contributed by atoms with Crippen LogP contribution >= 0.6 is 0 Å². The molecule has 1 aliphatic carbocycles. The number of hydrogen-bond donors (Lipinski definition) is 2. The van der Waals surface area contributed by atoms with Gasteiger partial charge in [0.15, 0.2) is 11.5 Å². The molecule has 2 atom stereocenters. The standard InChI is InChI=1S/C13H17N3O/c14-9-3-1-2-8(6-9)13-16-11-7-10(15)4-5-12(11)17-13/h4-5,7-9H,1-3,6,14-15H2. The molecule has 3 rings (SSSR count). The Labute approximate surface area is 100.0 Å². The maximum atomic E-state index is 5.99. The van der Waals surface area contributed by atoms with E-state index in [0.29, 0.717) is 5.92 Å². The number of anilines is 1. The fourth-order valence-electron chi connectivity index (χ4n) is 2.59. The first-order valence-electron chi connectivity index (χ1n) is 6.14. The Balaban J connectivity index is 1.94. The van der Waals surface area contributed by atoms with Crippen molar-refractivity contribution in [3.05, 3.63) is 24.1 Å². The highest BCUT2D eigenvalue weighted by atomic mass is 16.3. The topological polar surface area (TPSA) is 78.1 Å². The van der Waals surface area contributed by atoms with Gasteiger partial charge >= 0.3 is 0 Å². The minimum Gasteiger partial charge on any atom is -0.440 e. The predicted octanol–water partition coefficient (Wildman–Crippen LogP) is 2.39. The first-order valence-corrected chi connectivity index (χ1v) is 6.14. The summed E-state index contributed by atoms with van der Waals surface area (Å²) in [7, 11) is 0. The van der Waals surface area contributed by atoms with E-state index in [1.165, 1.54) is 0 Å². The molecule has 1 aromatic heterocycles. The van der Waals surface area contributed by atoms with Gasteiger partial charge in [0, 0.05) is 17.6 Å². The van der Waals surface area contributed by atoms with Crippen LogP contribution in [0.4, 0.5) is 5.69 Å². The van der Waals surface area contributed by atoms with Crippen LogP contribution in [0.15, 0.2) is 22.6 Å². The Kier molecular flexibility index (Phi) is 2.52. The molecule has 0 bridgehead atoms. The summed E-state index contributed by atoms with van der Waals surface area (Å²) in [5.41, 5.74) is 14.1. The lowest BCUT2D eigenvalue weighted by Crippen LogP contribution is -2.26. The van der Waals surface area contributed by atoms with Crippen molar-refractivity contribution < 1.29 is 4.42 Å². The summed E-state index contributed by atoms with van der Waals surface area (Å²) >= 11 is 0. The van der Waals surface area contributed by atoms with Gasteiger partial charge in [-0.3, -0.25) is 0 Å². The zero-order chi connectivity index (χ0) is 11.8. The maximum absolute atomic E-state index is 5.99. The number of rotatable bonds is 1. The lowest BCUT2D eigenvalue weighted by atomic mass is 9.86. The fourth-order valence-corrected chi connectivity index (χ4v) is 2.59. The monoisotopic (exact) mass is 231 g/mol. The van der Waals surface area contributed by atoms with Crippen LogP contribution in [0.1, 0.15) is 37.5 Å². The van der Waals surface area contributed by atoms with Crippen molar-refractivity contribution in [3.63, 3.8) is 0 Å². The van der Waals surface area contributed by atoms with Crippen molar-refractivity contribution in [1.82, 2.24) is 4.98 Å². The number of aromatic nitrogens is 1. The molecule has 4 N–H and O–H groups in total. The number of benzene rings is 1. The van der Waals surface area contributed by atoms with E-state index in [4.69, 9.17) is 15.9 Å². The van der Waals surface area contributed by atoms with E-state index in [2.05, 4.69) is 4.98 Å². The molecule has 0 radical (unpaired) electrons. The zero-order valence-electron chi connectivity index (χ0n) is 9.73. The summed E-state index contributed by atoms with van der Waals surface area (Å²) in [6, 6.07) is 5.85. The van der Waals surface area contributed by atoms with Gasteiger partial charge in [0.2, 0.25) is 0 Å². The summed E-state index contributed by atoms with van der Waals surface area (Å²) < 4.78 is 5.79. The number of oxazole rings is 1. The van der Waals surface area contributed by atoms with Gasteiger partial charge in [-0.2, -0.15) is 0 Å². The van der Waals surface area contributed by atoms with E-state index in [9.17, 15) is 0 Å². The molecule has 2 aromatic rings. The second-order valence-corrected chi connectivity index (χ2v) is 4.90. The Hall–Kier alpha value is -1.55. The third-order valence-corrected chi connectivity index (χ3v) is 3.49. The average Bonchev–Trinajstić information content (AvgIpc) is 2.72. The molecule has 1 heterocycles. The number of hydrogen-bond acceptors (Lipinski definition) is 4. The smallest absolute Gasteiger partial charge is 0.198 e. The molecule has 0 saturated heterocycles. The number of nitrogen functional groups attached to an aromatic ring is 1.